The molecule has 0 spiro atoms. The van der Waals surface area contributed by atoms with Crippen molar-refractivity contribution < 1.29 is 5.11 Å². The maximum absolute atomic E-state index is 9.60. The van der Waals surface area contributed by atoms with Gasteiger partial charge in [0.2, 0.25) is 0 Å². The van der Waals surface area contributed by atoms with Crippen molar-refractivity contribution in [1.82, 2.24) is 10.2 Å². The highest BCUT2D eigenvalue weighted by atomic mass is 127. The average molecular weight is 423 g/mol. The van der Waals surface area contributed by atoms with Gasteiger partial charge in [-0.1, -0.05) is 6.92 Å². The Morgan fingerprint density at radius 1 is 1.52 bits per heavy atom. The van der Waals surface area contributed by atoms with Gasteiger partial charge >= 0.3 is 0 Å². The summed E-state index contributed by atoms with van der Waals surface area (Å²) in [6.07, 6.45) is 1.54. The third kappa shape index (κ3) is 5.75. The van der Waals surface area contributed by atoms with E-state index in [-0.39, 0.29) is 30.1 Å². The van der Waals surface area contributed by atoms with Crippen LogP contribution in [0, 0.1) is 0 Å². The van der Waals surface area contributed by atoms with Crippen LogP contribution in [-0.4, -0.2) is 48.2 Å². The Morgan fingerprint density at radius 3 is 2.81 bits per heavy atom. The van der Waals surface area contributed by atoms with E-state index in [4.69, 9.17) is 4.99 Å². The zero-order valence-corrected chi connectivity index (χ0v) is 15.9. The van der Waals surface area contributed by atoms with E-state index in [1.807, 2.05) is 0 Å². The highest BCUT2D eigenvalue weighted by Gasteiger charge is 2.19. The molecule has 2 heterocycles. The van der Waals surface area contributed by atoms with Crippen LogP contribution in [0.15, 0.2) is 21.8 Å². The number of aliphatic hydroxyl groups excluding tert-OH is 1. The molecule has 1 unspecified atom stereocenters. The zero-order chi connectivity index (χ0) is 14.4. The summed E-state index contributed by atoms with van der Waals surface area (Å²) in [6.45, 7) is 7.77. The first-order chi connectivity index (χ1) is 9.70. The van der Waals surface area contributed by atoms with Crippen LogP contribution in [0.2, 0.25) is 0 Å². The summed E-state index contributed by atoms with van der Waals surface area (Å²) >= 11 is 1.74. The van der Waals surface area contributed by atoms with Crippen LogP contribution >= 0.6 is 35.3 Å². The summed E-state index contributed by atoms with van der Waals surface area (Å²) in [7, 11) is 0. The van der Waals surface area contributed by atoms with Gasteiger partial charge in [-0.3, -0.25) is 4.99 Å². The summed E-state index contributed by atoms with van der Waals surface area (Å²) in [6, 6.07) is 2.18. The molecule has 1 aromatic rings. The van der Waals surface area contributed by atoms with E-state index in [1.54, 1.807) is 11.3 Å². The Bertz CT molecular complexity index is 417. The monoisotopic (exact) mass is 423 g/mol. The van der Waals surface area contributed by atoms with Crippen LogP contribution in [0.25, 0.3) is 0 Å². The highest BCUT2D eigenvalue weighted by molar-refractivity contribution is 14.0. The molecule has 6 heteroatoms. The second-order valence-electron chi connectivity index (χ2n) is 5.37. The first-order valence-corrected chi connectivity index (χ1v) is 8.38. The van der Waals surface area contributed by atoms with Crippen molar-refractivity contribution in [2.45, 2.75) is 38.7 Å². The minimum atomic E-state index is -0.140. The molecule has 0 radical (unpaired) electrons. The molecule has 0 aliphatic carbocycles. The molecule has 1 aliphatic rings. The second-order valence-corrected chi connectivity index (χ2v) is 6.15. The van der Waals surface area contributed by atoms with Gasteiger partial charge in [0.25, 0.3) is 0 Å². The molecule has 0 saturated carbocycles. The molecule has 1 fully saturated rings. The van der Waals surface area contributed by atoms with E-state index in [0.29, 0.717) is 5.92 Å². The summed E-state index contributed by atoms with van der Waals surface area (Å²) in [5, 5.41) is 17.3. The molecule has 0 aromatic carbocycles. The molecule has 1 atom stereocenters. The molecule has 21 heavy (non-hydrogen) atoms. The number of hydrogen-bond donors (Lipinski definition) is 2. The van der Waals surface area contributed by atoms with E-state index < -0.39 is 0 Å². The van der Waals surface area contributed by atoms with Gasteiger partial charge in [-0.25, -0.2) is 0 Å². The molecular formula is C15H26IN3OS. The first-order valence-electron chi connectivity index (χ1n) is 7.44. The number of halogens is 1. The number of guanidine groups is 1. The summed E-state index contributed by atoms with van der Waals surface area (Å²) in [4.78, 5) is 7.03. The van der Waals surface area contributed by atoms with Crippen LogP contribution in [0.3, 0.4) is 0 Å². The quantitative estimate of drug-likeness (QED) is 0.445. The fourth-order valence-corrected chi connectivity index (χ4v) is 3.17. The van der Waals surface area contributed by atoms with Gasteiger partial charge in [-0.05, 0) is 42.2 Å². The first kappa shape index (κ1) is 18.7. The van der Waals surface area contributed by atoms with Crippen LogP contribution in [0.5, 0.6) is 0 Å². The van der Waals surface area contributed by atoms with Crippen molar-refractivity contribution in [2.75, 3.05) is 26.2 Å². The van der Waals surface area contributed by atoms with Gasteiger partial charge in [0, 0.05) is 32.1 Å². The van der Waals surface area contributed by atoms with Crippen LogP contribution in [0.4, 0.5) is 0 Å². The molecule has 0 bridgehead atoms. The van der Waals surface area contributed by atoms with Gasteiger partial charge in [0.1, 0.15) is 0 Å². The number of rotatable bonds is 4. The van der Waals surface area contributed by atoms with E-state index in [1.165, 1.54) is 5.56 Å². The number of hydrogen-bond acceptors (Lipinski definition) is 3. The number of nitrogens with one attached hydrogen (secondary N) is 1. The minimum Gasteiger partial charge on any atom is -0.393 e. The summed E-state index contributed by atoms with van der Waals surface area (Å²) < 4.78 is 0. The summed E-state index contributed by atoms with van der Waals surface area (Å²) in [5.74, 6) is 1.44. The van der Waals surface area contributed by atoms with E-state index in [9.17, 15) is 5.11 Å². The Morgan fingerprint density at radius 2 is 2.24 bits per heavy atom. The molecule has 1 aliphatic heterocycles. The fraction of sp³-hybridized carbons (Fsp3) is 0.667. The fourth-order valence-electron chi connectivity index (χ4n) is 2.39. The molecule has 0 amide bonds. The van der Waals surface area contributed by atoms with Gasteiger partial charge in [-0.2, -0.15) is 11.3 Å². The minimum absolute atomic E-state index is 0. The molecule has 2 rings (SSSR count). The van der Waals surface area contributed by atoms with Gasteiger partial charge in [-0.15, -0.1) is 24.0 Å². The number of aliphatic imine (C=N–C) groups is 1. The van der Waals surface area contributed by atoms with Crippen molar-refractivity contribution in [3.8, 4) is 0 Å². The van der Waals surface area contributed by atoms with Gasteiger partial charge in [0.15, 0.2) is 5.96 Å². The lowest BCUT2D eigenvalue weighted by Crippen LogP contribution is -2.46. The second kappa shape index (κ2) is 9.63. The Kier molecular flexibility index (Phi) is 8.58. The predicted octanol–water partition coefficient (Wildman–Crippen LogP) is 2.89. The predicted molar refractivity (Wildman–Crippen MR) is 101 cm³/mol. The van der Waals surface area contributed by atoms with Crippen LogP contribution in [0.1, 0.15) is 38.2 Å². The average Bonchev–Trinajstić information content (AvgIpc) is 2.98. The van der Waals surface area contributed by atoms with Crippen molar-refractivity contribution in [3.63, 3.8) is 0 Å². The van der Waals surface area contributed by atoms with Gasteiger partial charge < -0.3 is 15.3 Å². The SMILES string of the molecule is CCNC(=NCC(C)c1ccsc1)N1CCC(O)CC1.I. The maximum Gasteiger partial charge on any atom is 0.193 e. The lowest BCUT2D eigenvalue weighted by atomic mass is 10.1. The Balaban J connectivity index is 0.00000220. The van der Waals surface area contributed by atoms with Gasteiger partial charge in [0.05, 0.1) is 6.10 Å². The van der Waals surface area contributed by atoms with E-state index in [2.05, 4.69) is 40.9 Å². The molecular weight excluding hydrogens is 397 g/mol. The summed E-state index contributed by atoms with van der Waals surface area (Å²) in [5.41, 5.74) is 1.36. The van der Waals surface area contributed by atoms with Crippen molar-refractivity contribution in [2.24, 2.45) is 4.99 Å². The number of aliphatic hydroxyl groups is 1. The molecule has 1 saturated heterocycles. The van der Waals surface area contributed by atoms with Crippen molar-refractivity contribution in [3.05, 3.63) is 22.4 Å². The largest absolute Gasteiger partial charge is 0.393 e. The number of likely N-dealkylation sites (tertiary alicyclic amines) is 1. The maximum atomic E-state index is 9.60. The lowest BCUT2D eigenvalue weighted by Gasteiger charge is -2.32. The molecule has 4 nitrogen and oxygen atoms in total. The lowest BCUT2D eigenvalue weighted by molar-refractivity contribution is 0.108. The molecule has 1 aromatic heterocycles. The van der Waals surface area contributed by atoms with Crippen molar-refractivity contribution in [1.29, 1.82) is 0 Å². The normalized spacial score (nSPS) is 18.2. The van der Waals surface area contributed by atoms with E-state index in [0.717, 1.165) is 45.0 Å². The van der Waals surface area contributed by atoms with E-state index >= 15 is 0 Å². The van der Waals surface area contributed by atoms with Crippen LogP contribution < -0.4 is 5.32 Å². The number of thiophene rings is 1. The number of piperidine rings is 1. The molecule has 120 valence electrons. The Hall–Kier alpha value is -0.340. The Labute approximate surface area is 148 Å². The molecule has 2 N–H and O–H groups in total. The third-order valence-electron chi connectivity index (χ3n) is 3.73. The van der Waals surface area contributed by atoms with Crippen molar-refractivity contribution >= 4 is 41.3 Å². The zero-order valence-electron chi connectivity index (χ0n) is 12.8. The third-order valence-corrected chi connectivity index (χ3v) is 4.43. The van der Waals surface area contributed by atoms with Crippen LogP contribution in [-0.2, 0) is 0 Å². The standard InChI is InChI=1S/C15H25N3OS.HI/c1-3-16-15(18-7-4-14(19)5-8-18)17-10-12(2)13-6-9-20-11-13;/h6,9,11-12,14,19H,3-5,7-8,10H2,1-2H3,(H,16,17);1H. The topological polar surface area (TPSA) is 47.9 Å². The highest BCUT2D eigenvalue weighted by Crippen LogP contribution is 2.18. The number of nitrogens with zero attached hydrogens (tertiary/aromatic N) is 2. The smallest absolute Gasteiger partial charge is 0.193 e.